The van der Waals surface area contributed by atoms with Crippen LogP contribution in [0.2, 0.25) is 0 Å². The van der Waals surface area contributed by atoms with E-state index in [1.165, 1.54) is 128 Å². The maximum Gasteiger partial charge on any atom is 0.249 e. The van der Waals surface area contributed by atoms with Gasteiger partial charge in [-0.25, -0.2) is 0 Å². The summed E-state index contributed by atoms with van der Waals surface area (Å²) in [6, 6.07) is -1.19. The van der Waals surface area contributed by atoms with Crippen molar-refractivity contribution < 1.29 is 30.3 Å². The van der Waals surface area contributed by atoms with Gasteiger partial charge in [-0.05, 0) is 38.5 Å². The Morgan fingerprint density at radius 2 is 0.917 bits per heavy atom. The summed E-state index contributed by atoms with van der Waals surface area (Å²) >= 11 is 0. The molecule has 0 radical (unpaired) electrons. The Kier molecular flexibility index (Phi) is 34.6. The maximum atomic E-state index is 12.5. The average Bonchev–Trinajstić information content (AvgIpc) is 3.09. The highest BCUT2D eigenvalue weighted by atomic mass is 16.4. The SMILES string of the molecule is CCCCC/C=C/CC/C=C/C[C@@H](O)[C@@H](O)[C@@H](O)[C@H](CO)NC(=O)[C@H](O)CCCCCCCCCCCCCCCCCCCCCC. The van der Waals surface area contributed by atoms with Crippen LogP contribution >= 0.6 is 0 Å². The van der Waals surface area contributed by atoms with E-state index in [0.29, 0.717) is 6.42 Å². The maximum absolute atomic E-state index is 12.5. The number of aliphatic hydroxyl groups excluding tert-OH is 5. The summed E-state index contributed by atoms with van der Waals surface area (Å²) in [7, 11) is 0. The van der Waals surface area contributed by atoms with Gasteiger partial charge in [-0.1, -0.05) is 179 Å². The Morgan fingerprint density at radius 1 is 0.521 bits per heavy atom. The van der Waals surface area contributed by atoms with Crippen LogP contribution in [0.15, 0.2) is 24.3 Å². The van der Waals surface area contributed by atoms with Gasteiger partial charge >= 0.3 is 0 Å². The third-order valence-corrected chi connectivity index (χ3v) is 9.50. The van der Waals surface area contributed by atoms with Gasteiger partial charge in [0.15, 0.2) is 0 Å². The molecular formula is C41H79NO6. The molecule has 0 aliphatic heterocycles. The van der Waals surface area contributed by atoms with Crippen molar-refractivity contribution in [2.45, 2.75) is 224 Å². The first-order valence-corrected chi connectivity index (χ1v) is 20.3. The number of carbonyl (C=O) groups excluding carboxylic acids is 1. The second-order valence-corrected chi connectivity index (χ2v) is 14.1. The molecule has 5 atom stereocenters. The summed E-state index contributed by atoms with van der Waals surface area (Å²) in [5.74, 6) is -0.685. The molecule has 48 heavy (non-hydrogen) atoms. The van der Waals surface area contributed by atoms with Gasteiger partial charge in [-0.15, -0.1) is 0 Å². The van der Waals surface area contributed by atoms with Crippen LogP contribution in [-0.2, 0) is 4.79 Å². The average molecular weight is 682 g/mol. The van der Waals surface area contributed by atoms with Crippen LogP contribution in [0.3, 0.4) is 0 Å². The van der Waals surface area contributed by atoms with E-state index in [-0.39, 0.29) is 6.42 Å². The summed E-state index contributed by atoms with van der Waals surface area (Å²) in [5, 5.41) is 53.6. The number of hydrogen-bond donors (Lipinski definition) is 6. The number of hydrogen-bond acceptors (Lipinski definition) is 6. The normalized spacial score (nSPS) is 15.2. The fourth-order valence-corrected chi connectivity index (χ4v) is 6.14. The Hall–Kier alpha value is -1.25. The molecule has 1 amide bonds. The summed E-state index contributed by atoms with van der Waals surface area (Å²) in [6.07, 6.45) is 35.3. The molecule has 0 spiro atoms. The van der Waals surface area contributed by atoms with E-state index in [0.717, 1.165) is 38.5 Å². The molecule has 0 heterocycles. The predicted octanol–water partition coefficient (Wildman–Crippen LogP) is 8.98. The largest absolute Gasteiger partial charge is 0.394 e. The number of unbranched alkanes of at least 4 members (excludes halogenated alkanes) is 23. The van der Waals surface area contributed by atoms with Crippen molar-refractivity contribution in [3.05, 3.63) is 24.3 Å². The number of rotatable bonds is 36. The fraction of sp³-hybridized carbons (Fsp3) is 0.878. The molecule has 0 unspecified atom stereocenters. The van der Waals surface area contributed by atoms with E-state index in [1.807, 2.05) is 6.08 Å². The molecule has 0 saturated carbocycles. The standard InChI is InChI=1S/C41H79NO6/c1-3-5-7-9-11-13-15-16-17-18-19-20-21-22-23-24-26-28-30-32-34-38(45)41(48)42-36(35-43)39(46)40(47)37(44)33-31-29-27-25-14-12-10-8-6-4-2/h12,14,29,31,36-40,43-47H,3-11,13,15-28,30,32-35H2,1-2H3,(H,42,48)/b14-12+,31-29+/t36-,37+,38+,39-,40+/m0/s1. The van der Waals surface area contributed by atoms with Crippen LogP contribution in [0.5, 0.6) is 0 Å². The van der Waals surface area contributed by atoms with Crippen molar-refractivity contribution in [1.29, 1.82) is 0 Å². The van der Waals surface area contributed by atoms with Crippen LogP contribution in [0.1, 0.15) is 194 Å². The van der Waals surface area contributed by atoms with Crippen LogP contribution in [-0.4, -0.2) is 68.5 Å². The number of allylic oxidation sites excluding steroid dienone is 3. The molecule has 7 nitrogen and oxygen atoms in total. The highest BCUT2D eigenvalue weighted by Gasteiger charge is 2.32. The topological polar surface area (TPSA) is 130 Å². The number of nitrogens with one attached hydrogen (secondary N) is 1. The molecule has 0 aliphatic carbocycles. The van der Waals surface area contributed by atoms with E-state index in [1.54, 1.807) is 6.08 Å². The lowest BCUT2D eigenvalue weighted by Gasteiger charge is -2.29. The van der Waals surface area contributed by atoms with Gasteiger partial charge in [-0.2, -0.15) is 0 Å². The highest BCUT2D eigenvalue weighted by molar-refractivity contribution is 5.80. The lowest BCUT2D eigenvalue weighted by atomic mass is 9.98. The zero-order chi connectivity index (χ0) is 35.5. The van der Waals surface area contributed by atoms with Crippen molar-refractivity contribution in [2.75, 3.05) is 6.61 Å². The van der Waals surface area contributed by atoms with Gasteiger partial charge in [-0.3, -0.25) is 4.79 Å². The summed E-state index contributed by atoms with van der Waals surface area (Å²) in [6.45, 7) is 3.84. The zero-order valence-electron chi connectivity index (χ0n) is 31.3. The second kappa shape index (κ2) is 35.6. The first-order chi connectivity index (χ1) is 23.4. The summed E-state index contributed by atoms with van der Waals surface area (Å²) in [4.78, 5) is 12.5. The molecular weight excluding hydrogens is 602 g/mol. The third-order valence-electron chi connectivity index (χ3n) is 9.50. The predicted molar refractivity (Wildman–Crippen MR) is 202 cm³/mol. The van der Waals surface area contributed by atoms with Gasteiger partial charge in [0.05, 0.1) is 18.8 Å². The molecule has 0 saturated heterocycles. The number of carbonyl (C=O) groups is 1. The first kappa shape index (κ1) is 46.8. The van der Waals surface area contributed by atoms with E-state index in [4.69, 9.17) is 0 Å². The molecule has 0 fully saturated rings. The third kappa shape index (κ3) is 28.6. The van der Waals surface area contributed by atoms with E-state index < -0.39 is 43.0 Å². The molecule has 0 aliphatic rings. The lowest BCUT2D eigenvalue weighted by Crippen LogP contribution is -2.55. The molecule has 0 rings (SSSR count). The van der Waals surface area contributed by atoms with E-state index in [9.17, 15) is 30.3 Å². The monoisotopic (exact) mass is 682 g/mol. The van der Waals surface area contributed by atoms with Crippen molar-refractivity contribution in [3.63, 3.8) is 0 Å². The van der Waals surface area contributed by atoms with Crippen LogP contribution < -0.4 is 5.32 Å². The van der Waals surface area contributed by atoms with Crippen LogP contribution in [0, 0.1) is 0 Å². The second-order valence-electron chi connectivity index (χ2n) is 14.1. The van der Waals surface area contributed by atoms with Crippen LogP contribution in [0.4, 0.5) is 0 Å². The van der Waals surface area contributed by atoms with Gasteiger partial charge in [0.25, 0.3) is 0 Å². The van der Waals surface area contributed by atoms with Gasteiger partial charge < -0.3 is 30.8 Å². The van der Waals surface area contributed by atoms with Gasteiger partial charge in [0.2, 0.25) is 5.91 Å². The van der Waals surface area contributed by atoms with Crippen molar-refractivity contribution in [3.8, 4) is 0 Å². The highest BCUT2D eigenvalue weighted by Crippen LogP contribution is 2.16. The van der Waals surface area contributed by atoms with Crippen molar-refractivity contribution >= 4 is 5.91 Å². The Bertz CT molecular complexity index is 744. The minimum Gasteiger partial charge on any atom is -0.394 e. The lowest BCUT2D eigenvalue weighted by molar-refractivity contribution is -0.134. The number of amides is 1. The molecule has 284 valence electrons. The molecule has 6 N–H and O–H groups in total. The Labute approximate surface area is 296 Å². The molecule has 0 bridgehead atoms. The molecule has 7 heteroatoms. The quantitative estimate of drug-likeness (QED) is 0.0289. The smallest absolute Gasteiger partial charge is 0.249 e. The molecule has 0 aromatic rings. The minimum atomic E-state index is -1.57. The van der Waals surface area contributed by atoms with E-state index in [2.05, 4.69) is 31.3 Å². The van der Waals surface area contributed by atoms with Gasteiger partial charge in [0, 0.05) is 0 Å². The Morgan fingerprint density at radius 3 is 1.38 bits per heavy atom. The summed E-state index contributed by atoms with van der Waals surface area (Å²) < 4.78 is 0. The number of aliphatic hydroxyl groups is 5. The molecule has 0 aromatic carbocycles. The van der Waals surface area contributed by atoms with Crippen LogP contribution in [0.25, 0.3) is 0 Å². The van der Waals surface area contributed by atoms with E-state index >= 15 is 0 Å². The van der Waals surface area contributed by atoms with Crippen molar-refractivity contribution in [1.82, 2.24) is 5.32 Å². The summed E-state index contributed by atoms with van der Waals surface area (Å²) in [5.41, 5.74) is 0. The molecule has 0 aromatic heterocycles. The van der Waals surface area contributed by atoms with Crippen molar-refractivity contribution in [2.24, 2.45) is 0 Å². The Balaban J connectivity index is 3.86. The minimum absolute atomic E-state index is 0.145. The first-order valence-electron chi connectivity index (χ1n) is 20.3. The fourth-order valence-electron chi connectivity index (χ4n) is 6.14. The van der Waals surface area contributed by atoms with Gasteiger partial charge in [0.1, 0.15) is 18.3 Å². The zero-order valence-corrected chi connectivity index (χ0v) is 31.3.